The SMILES string of the molecule is C=C(C)c1cccc(C(C)(C)NC(=O)OCC(C)(C)COC(=O)NC(C)(C)c2cccc(C(=C)C)c2)c1. The molecule has 2 amide bonds. The molecule has 6 nitrogen and oxygen atoms in total. The van der Waals surface area contributed by atoms with Crippen LogP contribution >= 0.6 is 0 Å². The molecule has 0 spiro atoms. The molecule has 0 unspecified atom stereocenters. The van der Waals surface area contributed by atoms with Crippen LogP contribution in [0.4, 0.5) is 9.59 Å². The summed E-state index contributed by atoms with van der Waals surface area (Å²) in [6, 6.07) is 15.8. The van der Waals surface area contributed by atoms with Gasteiger partial charge in [-0.1, -0.05) is 74.5 Å². The number of rotatable bonds is 10. The van der Waals surface area contributed by atoms with Crippen LogP contribution in [0, 0.1) is 5.41 Å². The molecular formula is C31H42N2O4. The Kier molecular flexibility index (Phi) is 9.37. The Hall–Kier alpha value is -3.54. The molecule has 0 saturated carbocycles. The Morgan fingerprint density at radius 1 is 0.703 bits per heavy atom. The van der Waals surface area contributed by atoms with Crippen molar-refractivity contribution in [1.29, 1.82) is 0 Å². The van der Waals surface area contributed by atoms with Gasteiger partial charge in [0.2, 0.25) is 0 Å². The lowest BCUT2D eigenvalue weighted by Crippen LogP contribution is -2.44. The molecule has 0 bridgehead atoms. The van der Waals surface area contributed by atoms with Crippen molar-refractivity contribution in [3.8, 4) is 0 Å². The van der Waals surface area contributed by atoms with Crippen molar-refractivity contribution in [2.75, 3.05) is 13.2 Å². The second-order valence-corrected chi connectivity index (χ2v) is 11.5. The third-order valence-electron chi connectivity index (χ3n) is 6.17. The van der Waals surface area contributed by atoms with Crippen molar-refractivity contribution in [3.05, 3.63) is 83.9 Å². The topological polar surface area (TPSA) is 76.7 Å². The van der Waals surface area contributed by atoms with Crippen molar-refractivity contribution < 1.29 is 19.1 Å². The van der Waals surface area contributed by atoms with E-state index in [-0.39, 0.29) is 13.2 Å². The van der Waals surface area contributed by atoms with Crippen molar-refractivity contribution in [1.82, 2.24) is 10.6 Å². The highest BCUT2D eigenvalue weighted by Gasteiger charge is 2.29. The normalized spacial score (nSPS) is 11.9. The van der Waals surface area contributed by atoms with Crippen molar-refractivity contribution in [3.63, 3.8) is 0 Å². The van der Waals surface area contributed by atoms with Gasteiger partial charge in [0, 0.05) is 5.41 Å². The molecule has 0 saturated heterocycles. The third kappa shape index (κ3) is 8.81. The highest BCUT2D eigenvalue weighted by Crippen LogP contribution is 2.26. The molecular weight excluding hydrogens is 464 g/mol. The maximum Gasteiger partial charge on any atom is 0.407 e. The van der Waals surface area contributed by atoms with Crippen LogP contribution < -0.4 is 10.6 Å². The predicted molar refractivity (Wildman–Crippen MR) is 151 cm³/mol. The van der Waals surface area contributed by atoms with Gasteiger partial charge in [0.05, 0.1) is 11.1 Å². The minimum atomic E-state index is -0.643. The zero-order chi connectivity index (χ0) is 28.0. The van der Waals surface area contributed by atoms with Gasteiger partial charge >= 0.3 is 12.2 Å². The van der Waals surface area contributed by atoms with Gasteiger partial charge in [-0.15, -0.1) is 0 Å². The molecule has 0 radical (unpaired) electrons. The van der Waals surface area contributed by atoms with Crippen molar-refractivity contribution in [2.24, 2.45) is 5.41 Å². The zero-order valence-corrected chi connectivity index (χ0v) is 23.6. The molecule has 2 N–H and O–H groups in total. The number of hydrogen-bond donors (Lipinski definition) is 2. The number of allylic oxidation sites excluding steroid dienone is 2. The average Bonchev–Trinajstić information content (AvgIpc) is 2.81. The molecule has 0 heterocycles. The zero-order valence-electron chi connectivity index (χ0n) is 23.6. The number of nitrogens with one attached hydrogen (secondary N) is 2. The van der Waals surface area contributed by atoms with Gasteiger partial charge in [-0.25, -0.2) is 9.59 Å². The number of carbonyl (C=O) groups excluding carboxylic acids is 2. The molecule has 0 aromatic heterocycles. The van der Waals surface area contributed by atoms with Gasteiger partial charge in [-0.05, 0) is 75.9 Å². The van der Waals surface area contributed by atoms with E-state index in [1.54, 1.807) is 0 Å². The summed E-state index contributed by atoms with van der Waals surface area (Å²) in [5, 5.41) is 5.84. The summed E-state index contributed by atoms with van der Waals surface area (Å²) in [6.45, 7) is 23.4. The molecule has 6 heteroatoms. The number of benzene rings is 2. The maximum absolute atomic E-state index is 12.6. The van der Waals surface area contributed by atoms with E-state index in [9.17, 15) is 9.59 Å². The molecule has 2 aromatic carbocycles. The smallest absolute Gasteiger partial charge is 0.407 e. The van der Waals surface area contributed by atoms with Gasteiger partial charge in [0.1, 0.15) is 13.2 Å². The van der Waals surface area contributed by atoms with E-state index in [1.165, 1.54) is 0 Å². The lowest BCUT2D eigenvalue weighted by Gasteiger charge is -2.30. The molecule has 0 aliphatic heterocycles. The van der Waals surface area contributed by atoms with E-state index in [4.69, 9.17) is 9.47 Å². The summed E-state index contributed by atoms with van der Waals surface area (Å²) in [4.78, 5) is 25.2. The highest BCUT2D eigenvalue weighted by molar-refractivity contribution is 5.70. The largest absolute Gasteiger partial charge is 0.449 e. The first-order valence-corrected chi connectivity index (χ1v) is 12.5. The van der Waals surface area contributed by atoms with Crippen LogP contribution in [0.1, 0.15) is 77.6 Å². The third-order valence-corrected chi connectivity index (χ3v) is 6.17. The second-order valence-electron chi connectivity index (χ2n) is 11.5. The minimum Gasteiger partial charge on any atom is -0.449 e. The Bertz CT molecular complexity index is 1070. The van der Waals surface area contributed by atoms with Crippen LogP contribution in [0.5, 0.6) is 0 Å². The molecule has 2 aromatic rings. The maximum atomic E-state index is 12.6. The van der Waals surface area contributed by atoms with Crippen molar-refractivity contribution >= 4 is 23.3 Å². The number of alkyl carbamates (subject to hydrolysis) is 2. The first-order chi connectivity index (χ1) is 17.0. The first kappa shape index (κ1) is 29.7. The minimum absolute atomic E-state index is 0.0814. The highest BCUT2D eigenvalue weighted by atomic mass is 16.6. The van der Waals surface area contributed by atoms with Gasteiger partial charge in [-0.2, -0.15) is 0 Å². The van der Waals surface area contributed by atoms with E-state index in [1.807, 2.05) is 104 Å². The van der Waals surface area contributed by atoms with Gasteiger partial charge in [0.25, 0.3) is 0 Å². The monoisotopic (exact) mass is 506 g/mol. The Balaban J connectivity index is 1.89. The number of amides is 2. The molecule has 2 rings (SSSR count). The average molecular weight is 507 g/mol. The fourth-order valence-corrected chi connectivity index (χ4v) is 3.64. The summed E-state index contributed by atoms with van der Waals surface area (Å²) < 4.78 is 11.0. The lowest BCUT2D eigenvalue weighted by molar-refractivity contribution is 0.0418. The van der Waals surface area contributed by atoms with Crippen LogP contribution in [0.15, 0.2) is 61.7 Å². The molecule has 0 aliphatic rings. The number of ether oxygens (including phenoxy) is 2. The molecule has 37 heavy (non-hydrogen) atoms. The lowest BCUT2D eigenvalue weighted by atomic mass is 9.92. The molecule has 0 atom stereocenters. The van der Waals surface area contributed by atoms with Crippen LogP contribution in [-0.2, 0) is 20.6 Å². The molecule has 0 aliphatic carbocycles. The van der Waals surface area contributed by atoms with Crippen LogP contribution in [0.3, 0.4) is 0 Å². The molecule has 0 fully saturated rings. The van der Waals surface area contributed by atoms with Gasteiger partial charge < -0.3 is 20.1 Å². The van der Waals surface area contributed by atoms with Crippen molar-refractivity contribution in [2.45, 2.75) is 66.5 Å². The summed E-state index contributed by atoms with van der Waals surface area (Å²) in [5.74, 6) is 0. The van der Waals surface area contributed by atoms with E-state index < -0.39 is 28.7 Å². The Morgan fingerprint density at radius 3 is 1.38 bits per heavy atom. The Morgan fingerprint density at radius 2 is 1.05 bits per heavy atom. The summed E-state index contributed by atoms with van der Waals surface area (Å²) in [7, 11) is 0. The number of hydrogen-bond acceptors (Lipinski definition) is 4. The summed E-state index contributed by atoms with van der Waals surface area (Å²) in [6.07, 6.45) is -1.08. The van der Waals surface area contributed by atoms with Crippen LogP contribution in [0.2, 0.25) is 0 Å². The van der Waals surface area contributed by atoms with E-state index in [0.717, 1.165) is 33.4 Å². The predicted octanol–water partition coefficient (Wildman–Crippen LogP) is 7.40. The van der Waals surface area contributed by atoms with Crippen LogP contribution in [-0.4, -0.2) is 25.4 Å². The standard InChI is InChI=1S/C31H42N2O4/c1-21(2)23-13-11-15-25(17-23)30(7,8)32-27(34)36-19-29(5,6)20-37-28(35)33-31(9,10)26-16-12-14-24(18-26)22(3)4/h11-18H,1,3,19-20H2,2,4-10H3,(H,32,34)(H,33,35). The first-order valence-electron chi connectivity index (χ1n) is 12.5. The fourth-order valence-electron chi connectivity index (χ4n) is 3.64. The van der Waals surface area contributed by atoms with E-state index in [0.29, 0.717) is 0 Å². The quantitative estimate of drug-likeness (QED) is 0.352. The summed E-state index contributed by atoms with van der Waals surface area (Å²) >= 11 is 0. The fraction of sp³-hybridized carbons (Fsp3) is 0.419. The molecule has 200 valence electrons. The van der Waals surface area contributed by atoms with E-state index >= 15 is 0 Å². The number of carbonyl (C=O) groups is 2. The Labute approximate surface area is 222 Å². The second kappa shape index (κ2) is 11.7. The summed E-state index contributed by atoms with van der Waals surface area (Å²) in [5.41, 5.74) is 3.97. The van der Waals surface area contributed by atoms with Crippen LogP contribution in [0.25, 0.3) is 11.1 Å². The van der Waals surface area contributed by atoms with E-state index in [2.05, 4.69) is 23.8 Å². The van der Waals surface area contributed by atoms with Gasteiger partial charge in [-0.3, -0.25) is 0 Å². The van der Waals surface area contributed by atoms with Gasteiger partial charge in [0.15, 0.2) is 0 Å².